The average molecular weight is 469 g/mol. The van der Waals surface area contributed by atoms with Crippen molar-refractivity contribution in [1.82, 2.24) is 9.97 Å². The summed E-state index contributed by atoms with van der Waals surface area (Å²) in [6, 6.07) is 11.2. The lowest BCUT2D eigenvalue weighted by atomic mass is 10.1. The highest BCUT2D eigenvalue weighted by molar-refractivity contribution is 9.10. The van der Waals surface area contributed by atoms with Crippen LogP contribution < -0.4 is 5.32 Å². The molecule has 0 spiro atoms. The molecule has 0 saturated heterocycles. The highest BCUT2D eigenvalue weighted by Gasteiger charge is 2.15. The minimum Gasteiger partial charge on any atom is -0.449 e. The van der Waals surface area contributed by atoms with E-state index < -0.39 is 5.91 Å². The number of benzene rings is 1. The van der Waals surface area contributed by atoms with E-state index in [9.17, 15) is 10.1 Å². The molecule has 0 unspecified atom stereocenters. The lowest BCUT2D eigenvalue weighted by molar-refractivity contribution is -0.112. The van der Waals surface area contributed by atoms with Gasteiger partial charge in [-0.2, -0.15) is 5.26 Å². The summed E-state index contributed by atoms with van der Waals surface area (Å²) in [5.74, 6) is -0.121. The first kappa shape index (κ1) is 20.8. The Morgan fingerprint density at radius 2 is 2.07 bits per heavy atom. The monoisotopic (exact) mass is 468 g/mol. The number of rotatable bonds is 5. The van der Waals surface area contributed by atoms with E-state index in [0.29, 0.717) is 26.2 Å². The molecule has 8 heteroatoms. The van der Waals surface area contributed by atoms with Crippen LogP contribution in [0.2, 0.25) is 0 Å². The van der Waals surface area contributed by atoms with Gasteiger partial charge in [0.2, 0.25) is 0 Å². The molecule has 0 aliphatic carbocycles. The molecule has 0 bridgehead atoms. The fraction of sp³-hybridized carbons (Fsp3) is 0.143. The van der Waals surface area contributed by atoms with Crippen LogP contribution in [0.15, 0.2) is 61.2 Å². The van der Waals surface area contributed by atoms with Crippen LogP contribution >= 0.6 is 27.7 Å². The number of halogens is 1. The number of amides is 1. The predicted molar refractivity (Wildman–Crippen MR) is 115 cm³/mol. The topological polar surface area (TPSA) is 91.8 Å². The number of furan rings is 1. The van der Waals surface area contributed by atoms with Gasteiger partial charge in [-0.25, -0.2) is 9.97 Å². The summed E-state index contributed by atoms with van der Waals surface area (Å²) >= 11 is 4.68. The van der Waals surface area contributed by atoms with Gasteiger partial charge in [-0.05, 0) is 77.8 Å². The van der Waals surface area contributed by atoms with Crippen molar-refractivity contribution in [3.63, 3.8) is 0 Å². The van der Waals surface area contributed by atoms with Crippen LogP contribution in [0.3, 0.4) is 0 Å². The van der Waals surface area contributed by atoms with Gasteiger partial charge in [0.1, 0.15) is 17.4 Å². The second-order valence-corrected chi connectivity index (χ2v) is 8.10. The Morgan fingerprint density at radius 3 is 2.79 bits per heavy atom. The fourth-order valence-corrected chi connectivity index (χ4v) is 3.73. The maximum absolute atomic E-state index is 12.6. The molecule has 3 rings (SSSR count). The molecule has 3 aromatic rings. The molecule has 0 fully saturated rings. The Labute approximate surface area is 181 Å². The summed E-state index contributed by atoms with van der Waals surface area (Å²) in [6.07, 6.45) is 3.08. The second-order valence-electron chi connectivity index (χ2n) is 6.31. The highest BCUT2D eigenvalue weighted by Crippen LogP contribution is 2.35. The summed E-state index contributed by atoms with van der Waals surface area (Å²) in [5.41, 5.74) is 3.39. The summed E-state index contributed by atoms with van der Waals surface area (Å²) in [7, 11) is 0. The van der Waals surface area contributed by atoms with Crippen LogP contribution in [-0.4, -0.2) is 15.9 Å². The number of carbonyl (C=O) groups is 1. The first-order valence-corrected chi connectivity index (χ1v) is 10.2. The lowest BCUT2D eigenvalue weighted by Crippen LogP contribution is -2.14. The Kier molecular flexibility index (Phi) is 6.52. The van der Waals surface area contributed by atoms with Crippen molar-refractivity contribution in [2.24, 2.45) is 0 Å². The summed E-state index contributed by atoms with van der Waals surface area (Å²) in [6.45, 7) is 5.71. The van der Waals surface area contributed by atoms with E-state index >= 15 is 0 Å². The van der Waals surface area contributed by atoms with E-state index in [1.807, 2.05) is 51.1 Å². The van der Waals surface area contributed by atoms with E-state index in [1.54, 1.807) is 12.3 Å². The molecular formula is C21H17BrN4O2S. The third-order valence-electron chi connectivity index (χ3n) is 3.92. The molecule has 1 amide bonds. The molecule has 0 atom stereocenters. The minimum absolute atomic E-state index is 0.0597. The minimum atomic E-state index is -0.495. The van der Waals surface area contributed by atoms with Gasteiger partial charge >= 0.3 is 0 Å². The average Bonchev–Trinajstić information content (AvgIpc) is 3.01. The molecule has 146 valence electrons. The van der Waals surface area contributed by atoms with Crippen LogP contribution in [0.25, 0.3) is 6.08 Å². The SMILES string of the molecule is Cc1ccc(C)c(NC(=O)/C(C#N)=C/c2cc(Br)c(Sc3nccc(C)n3)o2)c1. The number of aromatic nitrogens is 2. The van der Waals surface area contributed by atoms with Gasteiger partial charge in [-0.15, -0.1) is 0 Å². The van der Waals surface area contributed by atoms with E-state index in [2.05, 4.69) is 31.2 Å². The zero-order chi connectivity index (χ0) is 21.0. The highest BCUT2D eigenvalue weighted by atomic mass is 79.9. The molecular weight excluding hydrogens is 452 g/mol. The van der Waals surface area contributed by atoms with Crippen LogP contribution in [0.5, 0.6) is 0 Å². The van der Waals surface area contributed by atoms with Crippen LogP contribution in [0.4, 0.5) is 5.69 Å². The van der Waals surface area contributed by atoms with Gasteiger partial charge in [-0.1, -0.05) is 12.1 Å². The van der Waals surface area contributed by atoms with Crippen molar-refractivity contribution in [3.05, 3.63) is 69.2 Å². The summed E-state index contributed by atoms with van der Waals surface area (Å²) in [4.78, 5) is 21.1. The van der Waals surface area contributed by atoms with E-state index in [-0.39, 0.29) is 5.57 Å². The van der Waals surface area contributed by atoms with Crippen LogP contribution in [-0.2, 0) is 4.79 Å². The Bertz CT molecular complexity index is 1150. The molecule has 29 heavy (non-hydrogen) atoms. The molecule has 0 saturated carbocycles. The number of nitriles is 1. The first-order valence-electron chi connectivity index (χ1n) is 8.63. The predicted octanol–water partition coefficient (Wildman–Crippen LogP) is 5.45. The number of anilines is 1. The molecule has 6 nitrogen and oxygen atoms in total. The number of hydrogen-bond donors (Lipinski definition) is 1. The molecule has 0 aliphatic rings. The number of nitrogens with zero attached hydrogens (tertiary/aromatic N) is 3. The van der Waals surface area contributed by atoms with Crippen molar-refractivity contribution >= 4 is 45.4 Å². The van der Waals surface area contributed by atoms with Crippen molar-refractivity contribution in [2.75, 3.05) is 5.32 Å². The van der Waals surface area contributed by atoms with Gasteiger partial charge in [0.15, 0.2) is 10.2 Å². The smallest absolute Gasteiger partial charge is 0.266 e. The van der Waals surface area contributed by atoms with Gasteiger partial charge in [0.25, 0.3) is 5.91 Å². The van der Waals surface area contributed by atoms with Gasteiger partial charge in [0.05, 0.1) is 4.47 Å². The number of hydrogen-bond acceptors (Lipinski definition) is 6. The van der Waals surface area contributed by atoms with Gasteiger partial charge < -0.3 is 9.73 Å². The Balaban J connectivity index is 1.81. The summed E-state index contributed by atoms with van der Waals surface area (Å²) in [5, 5.41) is 13.3. The number of nitrogens with one attached hydrogen (secondary N) is 1. The number of aryl methyl sites for hydroxylation is 3. The first-order chi connectivity index (χ1) is 13.9. The maximum atomic E-state index is 12.6. The van der Waals surface area contributed by atoms with Crippen LogP contribution in [0.1, 0.15) is 22.6 Å². The van der Waals surface area contributed by atoms with E-state index in [1.165, 1.54) is 17.8 Å². The van der Waals surface area contributed by atoms with Crippen molar-refractivity contribution in [3.8, 4) is 6.07 Å². The Morgan fingerprint density at radius 1 is 1.28 bits per heavy atom. The zero-order valence-electron chi connectivity index (χ0n) is 16.0. The Hall–Kier alpha value is -2.89. The van der Waals surface area contributed by atoms with Crippen molar-refractivity contribution < 1.29 is 9.21 Å². The third kappa shape index (κ3) is 5.34. The van der Waals surface area contributed by atoms with E-state index in [0.717, 1.165) is 16.8 Å². The molecule has 2 aromatic heterocycles. The van der Waals surface area contributed by atoms with E-state index in [4.69, 9.17) is 4.42 Å². The number of carbonyl (C=O) groups excluding carboxylic acids is 1. The van der Waals surface area contributed by atoms with Gasteiger partial charge in [-0.3, -0.25) is 4.79 Å². The van der Waals surface area contributed by atoms with Gasteiger partial charge in [0, 0.05) is 23.7 Å². The zero-order valence-corrected chi connectivity index (χ0v) is 18.4. The quantitative estimate of drug-likeness (QED) is 0.303. The third-order valence-corrected chi connectivity index (χ3v) is 5.64. The molecule has 2 heterocycles. The maximum Gasteiger partial charge on any atom is 0.266 e. The van der Waals surface area contributed by atoms with Crippen LogP contribution in [0, 0.1) is 32.1 Å². The summed E-state index contributed by atoms with van der Waals surface area (Å²) < 4.78 is 6.45. The van der Waals surface area contributed by atoms with Crippen molar-refractivity contribution in [2.45, 2.75) is 31.0 Å². The molecule has 1 aromatic carbocycles. The molecule has 0 aliphatic heterocycles. The molecule has 0 radical (unpaired) electrons. The fourth-order valence-electron chi connectivity index (χ4n) is 2.42. The van der Waals surface area contributed by atoms with Crippen molar-refractivity contribution in [1.29, 1.82) is 5.26 Å². The standard InChI is InChI=1S/C21H17BrN4O2S/c1-12-4-5-13(2)18(8-12)26-19(27)15(11-23)9-16-10-17(22)20(28-16)29-21-24-7-6-14(3)25-21/h4-10H,1-3H3,(H,26,27)/b15-9+. The largest absolute Gasteiger partial charge is 0.449 e. The molecule has 1 N–H and O–H groups in total. The normalized spacial score (nSPS) is 11.2. The lowest BCUT2D eigenvalue weighted by Gasteiger charge is -2.08. The second kappa shape index (κ2) is 9.07.